The Kier molecular flexibility index (Phi) is 2.99. The summed E-state index contributed by atoms with van der Waals surface area (Å²) in [5, 5.41) is 12.4. The second-order valence-electron chi connectivity index (χ2n) is 3.00. The number of rotatable bonds is 2. The van der Waals surface area contributed by atoms with Gasteiger partial charge in [0, 0.05) is 0 Å². The van der Waals surface area contributed by atoms with Gasteiger partial charge in [-0.15, -0.1) is 0 Å². The van der Waals surface area contributed by atoms with Gasteiger partial charge in [0.1, 0.15) is 18.0 Å². The summed E-state index contributed by atoms with van der Waals surface area (Å²) in [6.45, 7) is 0. The van der Waals surface area contributed by atoms with E-state index in [9.17, 15) is 0 Å². The number of anilines is 2. The molecule has 0 aliphatic rings. The molecule has 1 aromatic carbocycles. The minimum Gasteiger partial charge on any atom is -0.338 e. The molecule has 0 aliphatic heterocycles. The third-order valence-electron chi connectivity index (χ3n) is 1.96. The molecule has 1 N–H and O–H groups in total. The molecule has 1 heterocycles. The summed E-state index contributed by atoms with van der Waals surface area (Å²) in [4.78, 5) is 7.76. The number of para-hydroxylation sites is 1. The molecule has 0 saturated heterocycles. The smallest absolute Gasteiger partial charge is 0.151 e. The van der Waals surface area contributed by atoms with E-state index in [2.05, 4.69) is 15.3 Å². The summed E-state index contributed by atoms with van der Waals surface area (Å²) >= 11 is 5.98. The molecule has 16 heavy (non-hydrogen) atoms. The largest absolute Gasteiger partial charge is 0.338 e. The predicted molar refractivity (Wildman–Crippen MR) is 61.5 cm³/mol. The third kappa shape index (κ3) is 2.10. The highest BCUT2D eigenvalue weighted by Crippen LogP contribution is 2.24. The minimum atomic E-state index is 0.377. The first kappa shape index (κ1) is 10.4. The molecule has 1 aromatic heterocycles. The average Bonchev–Trinajstić information content (AvgIpc) is 2.33. The molecule has 0 radical (unpaired) electrons. The van der Waals surface area contributed by atoms with Crippen LogP contribution in [0, 0.1) is 11.3 Å². The summed E-state index contributed by atoms with van der Waals surface area (Å²) in [6.07, 6.45) is 2.83. The molecule has 0 unspecified atom stereocenters. The molecule has 4 nitrogen and oxygen atoms in total. The van der Waals surface area contributed by atoms with Crippen molar-refractivity contribution in [1.29, 1.82) is 5.26 Å². The van der Waals surface area contributed by atoms with Crippen molar-refractivity contribution in [3.05, 3.63) is 47.4 Å². The van der Waals surface area contributed by atoms with Gasteiger partial charge in [0.25, 0.3) is 0 Å². The fourth-order valence-corrected chi connectivity index (χ4v) is 1.38. The summed E-state index contributed by atoms with van der Waals surface area (Å²) in [7, 11) is 0. The number of benzene rings is 1. The molecule has 0 atom stereocenters. The molecular weight excluding hydrogens is 224 g/mol. The Labute approximate surface area is 97.5 Å². The molecule has 2 rings (SSSR count). The summed E-state index contributed by atoms with van der Waals surface area (Å²) in [5.74, 6) is 0.450. The highest BCUT2D eigenvalue weighted by atomic mass is 35.5. The minimum absolute atomic E-state index is 0.377. The Morgan fingerprint density at radius 1 is 1.31 bits per heavy atom. The van der Waals surface area contributed by atoms with Crippen LogP contribution in [0.3, 0.4) is 0 Å². The van der Waals surface area contributed by atoms with Crippen molar-refractivity contribution in [3.8, 4) is 6.07 Å². The molecule has 0 amide bonds. The van der Waals surface area contributed by atoms with Gasteiger partial charge in [0.15, 0.2) is 5.82 Å². The lowest BCUT2D eigenvalue weighted by atomic mass is 10.3. The summed E-state index contributed by atoms with van der Waals surface area (Å²) in [6, 6.07) is 9.26. The van der Waals surface area contributed by atoms with E-state index in [0.717, 1.165) is 0 Å². The molecule has 5 heteroatoms. The summed E-state index contributed by atoms with van der Waals surface area (Å²) < 4.78 is 0. The lowest BCUT2D eigenvalue weighted by Crippen LogP contribution is -1.97. The number of nitrogens with zero attached hydrogens (tertiary/aromatic N) is 3. The van der Waals surface area contributed by atoms with Gasteiger partial charge in [0.05, 0.1) is 16.9 Å². The van der Waals surface area contributed by atoms with Gasteiger partial charge < -0.3 is 5.32 Å². The van der Waals surface area contributed by atoms with Crippen LogP contribution >= 0.6 is 11.6 Å². The van der Waals surface area contributed by atoms with Crippen LogP contribution in [0.4, 0.5) is 11.5 Å². The maximum absolute atomic E-state index is 8.86. The Balaban J connectivity index is 2.35. The van der Waals surface area contributed by atoms with Crippen LogP contribution in [0.15, 0.2) is 36.8 Å². The van der Waals surface area contributed by atoms with Crippen LogP contribution in [0.25, 0.3) is 0 Å². The average molecular weight is 231 g/mol. The highest BCUT2D eigenvalue weighted by Gasteiger charge is 2.05. The molecule has 0 spiro atoms. The maximum atomic E-state index is 8.86. The summed E-state index contributed by atoms with van der Waals surface area (Å²) in [5.41, 5.74) is 1.08. The fraction of sp³-hybridized carbons (Fsp3) is 0. The normalized spacial score (nSPS) is 9.50. The molecule has 0 saturated carbocycles. The first-order chi connectivity index (χ1) is 7.81. The van der Waals surface area contributed by atoms with Crippen molar-refractivity contribution in [3.63, 3.8) is 0 Å². The standard InChI is InChI=1S/C11H7ClN4/c12-9-3-1-2-4-10(9)16-11-8(5-13)6-14-7-15-11/h1-4,6-7H,(H,14,15,16). The second kappa shape index (κ2) is 4.60. The van der Waals surface area contributed by atoms with Crippen LogP contribution in [-0.4, -0.2) is 9.97 Å². The van der Waals surface area contributed by atoms with Crippen molar-refractivity contribution >= 4 is 23.1 Å². The molecule has 0 bridgehead atoms. The van der Waals surface area contributed by atoms with Gasteiger partial charge in [-0.2, -0.15) is 5.26 Å². The Bertz CT molecular complexity index is 548. The zero-order valence-electron chi connectivity index (χ0n) is 8.18. The van der Waals surface area contributed by atoms with Crippen LogP contribution in [0.2, 0.25) is 5.02 Å². The van der Waals surface area contributed by atoms with Crippen molar-refractivity contribution in [1.82, 2.24) is 9.97 Å². The molecule has 0 fully saturated rings. The van der Waals surface area contributed by atoms with Gasteiger partial charge in [0.2, 0.25) is 0 Å². The monoisotopic (exact) mass is 230 g/mol. The molecule has 0 aliphatic carbocycles. The lowest BCUT2D eigenvalue weighted by Gasteiger charge is -2.07. The highest BCUT2D eigenvalue weighted by molar-refractivity contribution is 6.33. The third-order valence-corrected chi connectivity index (χ3v) is 2.29. The Morgan fingerprint density at radius 3 is 2.88 bits per heavy atom. The molecular formula is C11H7ClN4. The van der Waals surface area contributed by atoms with Crippen molar-refractivity contribution in [2.75, 3.05) is 5.32 Å². The number of hydrogen-bond acceptors (Lipinski definition) is 4. The predicted octanol–water partition coefficient (Wildman–Crippen LogP) is 2.75. The van der Waals surface area contributed by atoms with E-state index < -0.39 is 0 Å². The maximum Gasteiger partial charge on any atom is 0.151 e. The SMILES string of the molecule is N#Cc1cncnc1Nc1ccccc1Cl. The second-order valence-corrected chi connectivity index (χ2v) is 3.41. The van der Waals surface area contributed by atoms with Gasteiger partial charge in [-0.25, -0.2) is 9.97 Å². The van der Waals surface area contributed by atoms with E-state index in [4.69, 9.17) is 16.9 Å². The van der Waals surface area contributed by atoms with E-state index in [1.807, 2.05) is 24.3 Å². The molecule has 78 valence electrons. The van der Waals surface area contributed by atoms with Crippen LogP contribution < -0.4 is 5.32 Å². The van der Waals surface area contributed by atoms with E-state index in [1.54, 1.807) is 6.07 Å². The van der Waals surface area contributed by atoms with Gasteiger partial charge >= 0.3 is 0 Å². The van der Waals surface area contributed by atoms with E-state index in [1.165, 1.54) is 12.5 Å². The first-order valence-corrected chi connectivity index (χ1v) is 4.90. The van der Waals surface area contributed by atoms with Gasteiger partial charge in [-0.05, 0) is 12.1 Å². The quantitative estimate of drug-likeness (QED) is 0.862. The van der Waals surface area contributed by atoms with Crippen LogP contribution in [0.5, 0.6) is 0 Å². The Hall–Kier alpha value is -2.12. The van der Waals surface area contributed by atoms with Crippen molar-refractivity contribution < 1.29 is 0 Å². The number of nitriles is 1. The van der Waals surface area contributed by atoms with Gasteiger partial charge in [-0.1, -0.05) is 23.7 Å². The fourth-order valence-electron chi connectivity index (χ4n) is 1.20. The number of hydrogen-bond donors (Lipinski definition) is 1. The zero-order chi connectivity index (χ0) is 11.4. The van der Waals surface area contributed by atoms with E-state index in [0.29, 0.717) is 22.1 Å². The van der Waals surface area contributed by atoms with Crippen LogP contribution in [-0.2, 0) is 0 Å². The topological polar surface area (TPSA) is 61.6 Å². The van der Waals surface area contributed by atoms with Crippen molar-refractivity contribution in [2.45, 2.75) is 0 Å². The number of nitrogens with one attached hydrogen (secondary N) is 1. The van der Waals surface area contributed by atoms with E-state index >= 15 is 0 Å². The lowest BCUT2D eigenvalue weighted by molar-refractivity contribution is 1.15. The molecule has 2 aromatic rings. The zero-order valence-corrected chi connectivity index (χ0v) is 8.94. The van der Waals surface area contributed by atoms with Crippen LogP contribution in [0.1, 0.15) is 5.56 Å². The Morgan fingerprint density at radius 2 is 2.12 bits per heavy atom. The number of halogens is 1. The number of aromatic nitrogens is 2. The van der Waals surface area contributed by atoms with E-state index in [-0.39, 0.29) is 0 Å². The van der Waals surface area contributed by atoms with Crippen molar-refractivity contribution in [2.24, 2.45) is 0 Å². The van der Waals surface area contributed by atoms with Gasteiger partial charge in [-0.3, -0.25) is 0 Å². The first-order valence-electron chi connectivity index (χ1n) is 4.53.